The van der Waals surface area contributed by atoms with Crippen molar-refractivity contribution in [1.82, 2.24) is 15.2 Å². The molecule has 0 bridgehead atoms. The van der Waals surface area contributed by atoms with Crippen molar-refractivity contribution in [3.05, 3.63) is 50.9 Å². The van der Waals surface area contributed by atoms with E-state index in [-0.39, 0.29) is 0 Å². The number of guanidine groups is 1. The van der Waals surface area contributed by atoms with Crippen LogP contribution in [0.1, 0.15) is 23.2 Å². The summed E-state index contributed by atoms with van der Waals surface area (Å²) >= 11 is 7.91. The van der Waals surface area contributed by atoms with E-state index < -0.39 is 0 Å². The van der Waals surface area contributed by atoms with Gasteiger partial charge >= 0.3 is 0 Å². The van der Waals surface area contributed by atoms with Gasteiger partial charge in [0, 0.05) is 31.0 Å². The summed E-state index contributed by atoms with van der Waals surface area (Å²) in [6.45, 7) is 3.50. The van der Waals surface area contributed by atoms with Gasteiger partial charge in [-0.2, -0.15) is 0 Å². The zero-order valence-corrected chi connectivity index (χ0v) is 14.7. The molecule has 0 spiro atoms. The Morgan fingerprint density at radius 2 is 2.18 bits per heavy atom. The maximum atomic E-state index is 6.21. The lowest BCUT2D eigenvalue weighted by atomic mass is 10.2. The third-order valence-corrected chi connectivity index (χ3v) is 4.68. The summed E-state index contributed by atoms with van der Waals surface area (Å²) in [5.74, 6) is 0.825. The topological polar surface area (TPSA) is 40.5 Å². The first kappa shape index (κ1) is 16.8. The predicted octanol–water partition coefficient (Wildman–Crippen LogP) is 3.57. The normalized spacial score (nSPS) is 11.5. The summed E-state index contributed by atoms with van der Waals surface area (Å²) < 4.78 is 0. The Morgan fingerprint density at radius 1 is 1.41 bits per heavy atom. The number of hydrogen-bond acceptors (Lipinski definition) is 3. The molecule has 2 rings (SSSR count). The molecule has 4 nitrogen and oxygen atoms in total. The van der Waals surface area contributed by atoms with Gasteiger partial charge in [-0.1, -0.05) is 36.7 Å². The second kappa shape index (κ2) is 8.15. The SMILES string of the molecule is CCc1nc(CNC(=NC)N(C)Cc2ccccc2Cl)cs1. The minimum atomic E-state index is 0.677. The molecule has 0 saturated heterocycles. The molecule has 0 radical (unpaired) electrons. The van der Waals surface area contributed by atoms with E-state index in [1.54, 1.807) is 18.4 Å². The molecule has 0 unspecified atom stereocenters. The lowest BCUT2D eigenvalue weighted by Crippen LogP contribution is -2.38. The van der Waals surface area contributed by atoms with Gasteiger partial charge in [0.25, 0.3) is 0 Å². The van der Waals surface area contributed by atoms with Crippen molar-refractivity contribution in [3.63, 3.8) is 0 Å². The Hall–Kier alpha value is -1.59. The molecular formula is C16H21ClN4S. The average Bonchev–Trinajstić information content (AvgIpc) is 2.98. The van der Waals surface area contributed by atoms with Crippen LogP contribution in [0.2, 0.25) is 5.02 Å². The lowest BCUT2D eigenvalue weighted by Gasteiger charge is -2.22. The van der Waals surface area contributed by atoms with Crippen molar-refractivity contribution < 1.29 is 0 Å². The molecule has 0 amide bonds. The molecule has 0 aliphatic carbocycles. The highest BCUT2D eigenvalue weighted by Gasteiger charge is 2.09. The van der Waals surface area contributed by atoms with Crippen molar-refractivity contribution in [2.24, 2.45) is 4.99 Å². The highest BCUT2D eigenvalue weighted by Crippen LogP contribution is 2.16. The van der Waals surface area contributed by atoms with E-state index >= 15 is 0 Å². The number of thiazole rings is 1. The van der Waals surface area contributed by atoms with Crippen LogP contribution in [-0.4, -0.2) is 29.9 Å². The summed E-state index contributed by atoms with van der Waals surface area (Å²) in [7, 11) is 3.78. The number of halogens is 1. The van der Waals surface area contributed by atoms with Crippen LogP contribution in [0.15, 0.2) is 34.6 Å². The molecule has 0 aliphatic rings. The molecule has 0 saturated carbocycles. The van der Waals surface area contributed by atoms with Crippen molar-refractivity contribution in [1.29, 1.82) is 0 Å². The molecule has 1 heterocycles. The van der Waals surface area contributed by atoms with Crippen LogP contribution in [0.5, 0.6) is 0 Å². The minimum Gasteiger partial charge on any atom is -0.351 e. The van der Waals surface area contributed by atoms with E-state index in [0.29, 0.717) is 13.1 Å². The van der Waals surface area contributed by atoms with Crippen molar-refractivity contribution >= 4 is 28.9 Å². The number of benzene rings is 1. The molecule has 0 aliphatic heterocycles. The van der Waals surface area contributed by atoms with E-state index in [2.05, 4.69) is 27.6 Å². The van der Waals surface area contributed by atoms with Crippen LogP contribution in [0.4, 0.5) is 0 Å². The fourth-order valence-electron chi connectivity index (χ4n) is 2.10. The first-order valence-electron chi connectivity index (χ1n) is 7.22. The molecule has 0 atom stereocenters. The van der Waals surface area contributed by atoms with Gasteiger partial charge in [0.1, 0.15) is 0 Å². The number of aromatic nitrogens is 1. The summed E-state index contributed by atoms with van der Waals surface area (Å²) in [5, 5.41) is 7.37. The first-order valence-corrected chi connectivity index (χ1v) is 8.48. The number of nitrogens with zero attached hydrogens (tertiary/aromatic N) is 3. The summed E-state index contributed by atoms with van der Waals surface area (Å²) in [6.07, 6.45) is 0.978. The smallest absolute Gasteiger partial charge is 0.194 e. The summed E-state index contributed by atoms with van der Waals surface area (Å²) in [4.78, 5) is 10.9. The van der Waals surface area contributed by atoms with Gasteiger partial charge < -0.3 is 10.2 Å². The molecule has 22 heavy (non-hydrogen) atoms. The number of aliphatic imine (C=N–C) groups is 1. The quantitative estimate of drug-likeness (QED) is 0.670. The molecule has 1 N–H and O–H groups in total. The Kier molecular flexibility index (Phi) is 6.21. The van der Waals surface area contributed by atoms with Crippen molar-refractivity contribution in [3.8, 4) is 0 Å². The zero-order chi connectivity index (χ0) is 15.9. The minimum absolute atomic E-state index is 0.677. The highest BCUT2D eigenvalue weighted by molar-refractivity contribution is 7.09. The van der Waals surface area contributed by atoms with Crippen LogP contribution in [-0.2, 0) is 19.5 Å². The van der Waals surface area contributed by atoms with Gasteiger partial charge in [-0.25, -0.2) is 4.98 Å². The van der Waals surface area contributed by atoms with Crippen molar-refractivity contribution in [2.45, 2.75) is 26.4 Å². The highest BCUT2D eigenvalue weighted by atomic mass is 35.5. The molecule has 1 aromatic heterocycles. The molecule has 1 aromatic carbocycles. The maximum Gasteiger partial charge on any atom is 0.194 e. The Labute approximate surface area is 140 Å². The second-order valence-corrected chi connectivity index (χ2v) is 6.28. The molecule has 2 aromatic rings. The predicted molar refractivity (Wildman–Crippen MR) is 94.6 cm³/mol. The van der Waals surface area contributed by atoms with Gasteiger partial charge in [-0.05, 0) is 18.1 Å². The van der Waals surface area contributed by atoms with Gasteiger partial charge in [0.2, 0.25) is 0 Å². The monoisotopic (exact) mass is 336 g/mol. The van der Waals surface area contributed by atoms with Gasteiger partial charge in [-0.3, -0.25) is 4.99 Å². The van der Waals surface area contributed by atoms with Crippen molar-refractivity contribution in [2.75, 3.05) is 14.1 Å². The lowest BCUT2D eigenvalue weighted by molar-refractivity contribution is 0.476. The van der Waals surface area contributed by atoms with Crippen LogP contribution < -0.4 is 5.32 Å². The zero-order valence-electron chi connectivity index (χ0n) is 13.1. The van der Waals surface area contributed by atoms with Gasteiger partial charge in [0.05, 0.1) is 17.2 Å². The van der Waals surface area contributed by atoms with E-state index in [0.717, 1.165) is 33.7 Å². The Balaban J connectivity index is 1.94. The van der Waals surface area contributed by atoms with E-state index in [4.69, 9.17) is 11.6 Å². The van der Waals surface area contributed by atoms with Gasteiger partial charge in [-0.15, -0.1) is 11.3 Å². The fourth-order valence-corrected chi connectivity index (χ4v) is 3.04. The molecular weight excluding hydrogens is 316 g/mol. The largest absolute Gasteiger partial charge is 0.351 e. The summed E-state index contributed by atoms with van der Waals surface area (Å²) in [5.41, 5.74) is 2.13. The Morgan fingerprint density at radius 3 is 2.82 bits per heavy atom. The third-order valence-electron chi connectivity index (χ3n) is 3.27. The number of hydrogen-bond donors (Lipinski definition) is 1. The van der Waals surface area contributed by atoms with Crippen LogP contribution in [0, 0.1) is 0 Å². The molecule has 118 valence electrons. The van der Waals surface area contributed by atoms with Gasteiger partial charge in [0.15, 0.2) is 5.96 Å². The Bertz CT molecular complexity index is 639. The fraction of sp³-hybridized carbons (Fsp3) is 0.375. The molecule has 6 heteroatoms. The molecule has 0 fully saturated rings. The number of aryl methyl sites for hydroxylation is 1. The maximum absolute atomic E-state index is 6.21. The van der Waals surface area contributed by atoms with Crippen LogP contribution in [0.3, 0.4) is 0 Å². The van der Waals surface area contributed by atoms with E-state index in [1.807, 2.05) is 36.2 Å². The third kappa shape index (κ3) is 4.45. The second-order valence-electron chi connectivity index (χ2n) is 4.93. The first-order chi connectivity index (χ1) is 10.6. The number of nitrogens with one attached hydrogen (secondary N) is 1. The number of rotatable bonds is 5. The van der Waals surface area contributed by atoms with E-state index in [9.17, 15) is 0 Å². The van der Waals surface area contributed by atoms with Crippen LogP contribution >= 0.6 is 22.9 Å². The standard InChI is InChI=1S/C16H21ClN4S/c1-4-15-20-13(11-22-15)9-19-16(18-2)21(3)10-12-7-5-6-8-14(12)17/h5-8,11H,4,9-10H2,1-3H3,(H,18,19). The average molecular weight is 337 g/mol. The van der Waals surface area contributed by atoms with E-state index in [1.165, 1.54) is 0 Å². The van der Waals surface area contributed by atoms with Crippen LogP contribution in [0.25, 0.3) is 0 Å². The summed E-state index contributed by atoms with van der Waals surface area (Å²) in [6, 6.07) is 7.86.